The number of rotatable bonds is 3. The minimum absolute atomic E-state index is 0.598. The summed E-state index contributed by atoms with van der Waals surface area (Å²) in [4.78, 5) is 9.16. The van der Waals surface area contributed by atoms with Crippen LogP contribution in [0, 0.1) is 0 Å². The fourth-order valence-electron chi connectivity index (χ4n) is 2.76. The number of hydrogen-bond acceptors (Lipinski definition) is 3. The van der Waals surface area contributed by atoms with E-state index < -0.39 is 0 Å². The maximum atomic E-state index is 4.74. The van der Waals surface area contributed by atoms with E-state index in [1.54, 1.807) is 0 Å². The predicted octanol–water partition coefficient (Wildman–Crippen LogP) is 2.43. The molecule has 92 valence electrons. The van der Waals surface area contributed by atoms with Gasteiger partial charge in [0.05, 0.1) is 0 Å². The SMILES string of the molecule is c1cc(C2CCC2)nc(CC2CCCCN2)n1. The lowest BCUT2D eigenvalue weighted by molar-refractivity contribution is 0.388. The Kier molecular flexibility index (Phi) is 3.36. The van der Waals surface area contributed by atoms with Crippen molar-refractivity contribution in [1.82, 2.24) is 15.3 Å². The molecule has 2 aliphatic rings. The first-order chi connectivity index (χ1) is 8.42. The standard InChI is InChI=1S/C14H21N3/c1-2-8-15-12(6-1)10-14-16-9-7-13(17-14)11-4-3-5-11/h7,9,11-12,15H,1-6,8,10H2. The summed E-state index contributed by atoms with van der Waals surface area (Å²) in [6, 6.07) is 2.70. The maximum Gasteiger partial charge on any atom is 0.130 e. The average Bonchev–Trinajstić information content (AvgIpc) is 2.28. The van der Waals surface area contributed by atoms with E-state index in [9.17, 15) is 0 Å². The van der Waals surface area contributed by atoms with Crippen LogP contribution in [0.1, 0.15) is 56.0 Å². The van der Waals surface area contributed by atoms with Gasteiger partial charge in [-0.2, -0.15) is 0 Å². The van der Waals surface area contributed by atoms with E-state index in [2.05, 4.69) is 16.4 Å². The first-order valence-corrected chi connectivity index (χ1v) is 6.97. The topological polar surface area (TPSA) is 37.8 Å². The molecule has 1 aromatic heterocycles. The molecule has 1 aliphatic heterocycles. The van der Waals surface area contributed by atoms with Crippen LogP contribution in [0.2, 0.25) is 0 Å². The van der Waals surface area contributed by atoms with Gasteiger partial charge in [-0.15, -0.1) is 0 Å². The molecule has 0 aromatic carbocycles. The largest absolute Gasteiger partial charge is 0.314 e. The van der Waals surface area contributed by atoms with Gasteiger partial charge in [-0.3, -0.25) is 0 Å². The second-order valence-corrected chi connectivity index (χ2v) is 5.38. The highest BCUT2D eigenvalue weighted by Gasteiger charge is 2.21. The average molecular weight is 231 g/mol. The molecule has 2 fully saturated rings. The van der Waals surface area contributed by atoms with Crippen molar-refractivity contribution in [3.8, 4) is 0 Å². The zero-order valence-electron chi connectivity index (χ0n) is 10.4. The molecule has 0 radical (unpaired) electrons. The third kappa shape index (κ3) is 2.65. The van der Waals surface area contributed by atoms with Crippen molar-refractivity contribution in [2.75, 3.05) is 6.54 Å². The van der Waals surface area contributed by atoms with Gasteiger partial charge in [-0.1, -0.05) is 12.8 Å². The number of nitrogens with one attached hydrogen (secondary N) is 1. The highest BCUT2D eigenvalue weighted by atomic mass is 14.9. The normalized spacial score (nSPS) is 25.5. The van der Waals surface area contributed by atoms with Gasteiger partial charge < -0.3 is 5.32 Å². The summed E-state index contributed by atoms with van der Waals surface area (Å²) in [6.07, 6.45) is 10.9. The summed E-state index contributed by atoms with van der Waals surface area (Å²) in [5.41, 5.74) is 1.28. The second kappa shape index (κ2) is 5.13. The molecule has 0 spiro atoms. The molecule has 2 heterocycles. The van der Waals surface area contributed by atoms with Crippen molar-refractivity contribution >= 4 is 0 Å². The van der Waals surface area contributed by atoms with Crippen LogP contribution in [-0.4, -0.2) is 22.6 Å². The molecule has 1 N–H and O–H groups in total. The van der Waals surface area contributed by atoms with E-state index in [0.717, 1.165) is 24.7 Å². The summed E-state index contributed by atoms with van der Waals surface area (Å²) in [5.74, 6) is 1.75. The van der Waals surface area contributed by atoms with Gasteiger partial charge in [-0.05, 0) is 38.3 Å². The molecule has 1 unspecified atom stereocenters. The molecular weight excluding hydrogens is 210 g/mol. The quantitative estimate of drug-likeness (QED) is 0.868. The second-order valence-electron chi connectivity index (χ2n) is 5.38. The summed E-state index contributed by atoms with van der Waals surface area (Å²) >= 11 is 0. The van der Waals surface area contributed by atoms with Crippen LogP contribution < -0.4 is 5.32 Å². The summed E-state index contributed by atoms with van der Waals surface area (Å²) in [6.45, 7) is 1.16. The Morgan fingerprint density at radius 1 is 1.18 bits per heavy atom. The van der Waals surface area contributed by atoms with Gasteiger partial charge >= 0.3 is 0 Å². The van der Waals surface area contributed by atoms with E-state index in [1.165, 1.54) is 44.2 Å². The Morgan fingerprint density at radius 2 is 2.12 bits per heavy atom. The Balaban J connectivity index is 1.65. The molecule has 1 atom stereocenters. The fourth-order valence-corrected chi connectivity index (χ4v) is 2.76. The molecule has 0 bridgehead atoms. The molecule has 3 heteroatoms. The minimum atomic E-state index is 0.598. The summed E-state index contributed by atoms with van der Waals surface area (Å²) in [7, 11) is 0. The predicted molar refractivity (Wildman–Crippen MR) is 68.0 cm³/mol. The third-order valence-electron chi connectivity index (χ3n) is 4.09. The summed E-state index contributed by atoms with van der Waals surface area (Å²) < 4.78 is 0. The van der Waals surface area contributed by atoms with E-state index >= 15 is 0 Å². The fraction of sp³-hybridized carbons (Fsp3) is 0.714. The van der Waals surface area contributed by atoms with Crippen molar-refractivity contribution in [2.45, 2.75) is 56.9 Å². The lowest BCUT2D eigenvalue weighted by Crippen LogP contribution is -2.36. The van der Waals surface area contributed by atoms with Crippen molar-refractivity contribution < 1.29 is 0 Å². The monoisotopic (exact) mass is 231 g/mol. The number of nitrogens with zero attached hydrogens (tertiary/aromatic N) is 2. The number of hydrogen-bond donors (Lipinski definition) is 1. The third-order valence-corrected chi connectivity index (χ3v) is 4.09. The van der Waals surface area contributed by atoms with Crippen LogP contribution in [0.25, 0.3) is 0 Å². The number of piperidine rings is 1. The Morgan fingerprint density at radius 3 is 2.82 bits per heavy atom. The van der Waals surface area contributed by atoms with Crippen LogP contribution in [0.4, 0.5) is 0 Å². The van der Waals surface area contributed by atoms with E-state index in [4.69, 9.17) is 4.98 Å². The first kappa shape index (κ1) is 11.1. The highest BCUT2D eigenvalue weighted by Crippen LogP contribution is 2.34. The minimum Gasteiger partial charge on any atom is -0.314 e. The molecule has 3 nitrogen and oxygen atoms in total. The van der Waals surface area contributed by atoms with E-state index in [-0.39, 0.29) is 0 Å². The molecule has 0 amide bonds. The molecule has 1 saturated heterocycles. The van der Waals surface area contributed by atoms with Crippen molar-refractivity contribution in [3.63, 3.8) is 0 Å². The lowest BCUT2D eigenvalue weighted by atomic mass is 9.83. The highest BCUT2D eigenvalue weighted by molar-refractivity contribution is 5.11. The number of aromatic nitrogens is 2. The van der Waals surface area contributed by atoms with Crippen LogP contribution >= 0.6 is 0 Å². The van der Waals surface area contributed by atoms with Gasteiger partial charge in [0.25, 0.3) is 0 Å². The van der Waals surface area contributed by atoms with Gasteiger partial charge in [0.15, 0.2) is 0 Å². The zero-order valence-corrected chi connectivity index (χ0v) is 10.4. The van der Waals surface area contributed by atoms with E-state index in [1.807, 2.05) is 6.20 Å². The molecule has 17 heavy (non-hydrogen) atoms. The van der Waals surface area contributed by atoms with Gasteiger partial charge in [0.2, 0.25) is 0 Å². The van der Waals surface area contributed by atoms with Crippen molar-refractivity contribution in [2.24, 2.45) is 0 Å². The molecule has 1 aromatic rings. The molecule has 1 saturated carbocycles. The Bertz CT molecular complexity index is 367. The van der Waals surface area contributed by atoms with Gasteiger partial charge in [0, 0.05) is 30.3 Å². The van der Waals surface area contributed by atoms with Crippen molar-refractivity contribution in [3.05, 3.63) is 23.8 Å². The summed E-state index contributed by atoms with van der Waals surface area (Å²) in [5, 5.41) is 3.56. The van der Waals surface area contributed by atoms with Crippen LogP contribution in [0.5, 0.6) is 0 Å². The Hall–Kier alpha value is -0.960. The smallest absolute Gasteiger partial charge is 0.130 e. The van der Waals surface area contributed by atoms with Crippen LogP contribution in [0.3, 0.4) is 0 Å². The first-order valence-electron chi connectivity index (χ1n) is 6.97. The maximum absolute atomic E-state index is 4.74. The lowest BCUT2D eigenvalue weighted by Gasteiger charge is -2.26. The molecule has 3 rings (SSSR count). The van der Waals surface area contributed by atoms with Crippen LogP contribution in [0.15, 0.2) is 12.3 Å². The van der Waals surface area contributed by atoms with E-state index in [0.29, 0.717) is 6.04 Å². The zero-order chi connectivity index (χ0) is 11.5. The van der Waals surface area contributed by atoms with Gasteiger partial charge in [0.1, 0.15) is 5.82 Å². The van der Waals surface area contributed by atoms with Crippen molar-refractivity contribution in [1.29, 1.82) is 0 Å². The molecular formula is C14H21N3. The molecule has 1 aliphatic carbocycles. The van der Waals surface area contributed by atoms with Crippen LogP contribution in [-0.2, 0) is 6.42 Å². The van der Waals surface area contributed by atoms with Gasteiger partial charge in [-0.25, -0.2) is 9.97 Å². The Labute approximate surface area is 103 Å².